The molecule has 0 radical (unpaired) electrons. The number of furan rings is 1. The van der Waals surface area contributed by atoms with E-state index in [0.717, 1.165) is 26.9 Å². The summed E-state index contributed by atoms with van der Waals surface area (Å²) in [5.74, 6) is 0. The largest absolute Gasteiger partial charge is 0.456 e. The highest BCUT2D eigenvalue weighted by Gasteiger charge is 2.20. The molecule has 0 saturated heterocycles. The van der Waals surface area contributed by atoms with Gasteiger partial charge in [-0.25, -0.2) is 0 Å². The molecule has 0 aliphatic heterocycles. The normalized spacial score (nSPS) is 14.6. The Morgan fingerprint density at radius 3 is 1.78 bits per heavy atom. The number of rotatable bonds is 2. The zero-order valence-corrected chi connectivity index (χ0v) is 21.6. The topological polar surface area (TPSA) is 13.1 Å². The van der Waals surface area contributed by atoms with Gasteiger partial charge in [-0.1, -0.05) is 127 Å². The van der Waals surface area contributed by atoms with Crippen molar-refractivity contribution in [2.45, 2.75) is 0 Å². The van der Waals surface area contributed by atoms with Gasteiger partial charge in [0, 0.05) is 10.8 Å². The van der Waals surface area contributed by atoms with E-state index in [9.17, 15) is 5.48 Å². The monoisotopic (exact) mass is 528 g/mol. The molecule has 0 aliphatic rings. The molecule has 0 unspecified atom stereocenters. The van der Waals surface area contributed by atoms with Crippen molar-refractivity contribution in [1.29, 1.82) is 0 Å². The van der Waals surface area contributed by atoms with Crippen LogP contribution in [-0.2, 0) is 0 Å². The molecule has 8 aromatic carbocycles. The molecule has 0 aliphatic carbocycles. The summed E-state index contributed by atoms with van der Waals surface area (Å²) < 4.78 is 78.6. The molecular formula is C40H24O. The van der Waals surface area contributed by atoms with Crippen LogP contribution in [0.1, 0.15) is 11.0 Å². The van der Waals surface area contributed by atoms with E-state index < -0.39 is 24.2 Å². The molecule has 0 bridgehead atoms. The Labute approximate surface area is 248 Å². The van der Waals surface area contributed by atoms with Crippen molar-refractivity contribution < 1.29 is 15.4 Å². The van der Waals surface area contributed by atoms with Gasteiger partial charge in [0.15, 0.2) is 0 Å². The summed E-state index contributed by atoms with van der Waals surface area (Å²) in [6, 6.07) is 27.9. The fraction of sp³-hybridized carbons (Fsp3) is 0. The van der Waals surface area contributed by atoms with Gasteiger partial charge in [-0.15, -0.1) is 0 Å². The molecule has 0 saturated carbocycles. The van der Waals surface area contributed by atoms with Crippen LogP contribution >= 0.6 is 0 Å². The second-order valence-corrected chi connectivity index (χ2v) is 10.2. The summed E-state index contributed by atoms with van der Waals surface area (Å²) in [6.07, 6.45) is 0. The van der Waals surface area contributed by atoms with Gasteiger partial charge in [0.1, 0.15) is 11.2 Å². The molecule has 1 nitrogen and oxygen atoms in total. The minimum atomic E-state index is -0.432. The second kappa shape index (κ2) is 8.55. The molecule has 0 N–H and O–H groups in total. The Bertz CT molecular complexity index is 2850. The Morgan fingerprint density at radius 2 is 1.02 bits per heavy atom. The van der Waals surface area contributed by atoms with Crippen LogP contribution in [-0.4, -0.2) is 0 Å². The van der Waals surface area contributed by atoms with Gasteiger partial charge >= 0.3 is 0 Å². The van der Waals surface area contributed by atoms with Crippen LogP contribution in [0.3, 0.4) is 0 Å². The lowest BCUT2D eigenvalue weighted by Gasteiger charge is -2.18. The SMILES string of the molecule is [2H]c1c([2H])c([2H])c2c(-c3cccc4oc5ccccc5c34)c3c([2H])c([2H])c([2H])c([2H])c3c(-c3ccc4ccc5ccccc5c4c3)c2c1[2H]. The number of fused-ring (bicyclic) bond motifs is 8. The molecule has 1 heteroatoms. The lowest BCUT2D eigenvalue weighted by Crippen LogP contribution is -1.91. The highest BCUT2D eigenvalue weighted by molar-refractivity contribution is 6.26. The van der Waals surface area contributed by atoms with Crippen LogP contribution in [0.25, 0.3) is 87.3 Å². The first kappa shape index (κ1) is 16.0. The highest BCUT2D eigenvalue weighted by atomic mass is 16.3. The predicted molar refractivity (Wildman–Crippen MR) is 175 cm³/mol. The maximum absolute atomic E-state index is 9.34. The minimum Gasteiger partial charge on any atom is -0.456 e. The molecular weight excluding hydrogens is 496 g/mol. The maximum Gasteiger partial charge on any atom is 0.136 e. The van der Waals surface area contributed by atoms with Crippen molar-refractivity contribution >= 4 is 65.0 Å². The van der Waals surface area contributed by atoms with Crippen molar-refractivity contribution in [2.24, 2.45) is 0 Å². The van der Waals surface area contributed by atoms with E-state index in [2.05, 4.69) is 0 Å². The van der Waals surface area contributed by atoms with E-state index in [4.69, 9.17) is 9.90 Å². The summed E-state index contributed by atoms with van der Waals surface area (Å²) in [4.78, 5) is 0. The Kier molecular flexibility index (Phi) is 3.34. The third kappa shape index (κ3) is 3.24. The molecule has 1 aromatic heterocycles. The average Bonchev–Trinajstić information content (AvgIpc) is 3.52. The van der Waals surface area contributed by atoms with Crippen LogP contribution < -0.4 is 0 Å². The van der Waals surface area contributed by atoms with Crippen molar-refractivity contribution in [1.82, 2.24) is 0 Å². The van der Waals surface area contributed by atoms with Crippen molar-refractivity contribution in [3.8, 4) is 22.3 Å². The summed E-state index contributed by atoms with van der Waals surface area (Å²) in [5.41, 5.74) is 2.92. The van der Waals surface area contributed by atoms with E-state index in [-0.39, 0.29) is 45.7 Å². The number of para-hydroxylation sites is 1. The fourth-order valence-electron chi connectivity index (χ4n) is 6.32. The zero-order chi connectivity index (χ0) is 33.9. The molecule has 9 aromatic rings. The molecule has 9 rings (SSSR count). The van der Waals surface area contributed by atoms with E-state index in [0.29, 0.717) is 38.8 Å². The van der Waals surface area contributed by atoms with Crippen LogP contribution in [0.4, 0.5) is 0 Å². The van der Waals surface area contributed by atoms with Gasteiger partial charge in [0.05, 0.1) is 11.0 Å². The fourth-order valence-corrected chi connectivity index (χ4v) is 6.32. The predicted octanol–water partition coefficient (Wildman–Crippen LogP) is 11.5. The van der Waals surface area contributed by atoms with E-state index >= 15 is 0 Å². The van der Waals surface area contributed by atoms with Gasteiger partial charge in [-0.05, 0) is 83.5 Å². The van der Waals surface area contributed by atoms with E-state index in [1.807, 2.05) is 91.0 Å². The molecule has 1 heterocycles. The summed E-state index contributed by atoms with van der Waals surface area (Å²) >= 11 is 0. The number of benzene rings is 8. The van der Waals surface area contributed by atoms with Gasteiger partial charge in [0.2, 0.25) is 0 Å². The standard InChI is InChI=1S/C40H24O/c1-2-11-28-25(10-1)20-21-26-22-23-27(24-35(26)28)38-29-12-3-5-14-31(29)39(32-15-6-4-13-30(32)38)34-17-9-19-37-40(34)33-16-7-8-18-36(33)41-37/h1-24H/i3D,4D,5D,6D,12D,13D,14D,15D. The summed E-state index contributed by atoms with van der Waals surface area (Å²) in [5, 5.41) is 6.09. The second-order valence-electron chi connectivity index (χ2n) is 10.2. The maximum atomic E-state index is 9.34. The van der Waals surface area contributed by atoms with Gasteiger partial charge in [-0.3, -0.25) is 0 Å². The lowest BCUT2D eigenvalue weighted by molar-refractivity contribution is 0.669. The number of hydrogen-bond donors (Lipinski definition) is 0. The van der Waals surface area contributed by atoms with E-state index in [1.165, 1.54) is 0 Å². The van der Waals surface area contributed by atoms with Crippen molar-refractivity contribution in [3.05, 3.63) is 145 Å². The average molecular weight is 529 g/mol. The molecule has 0 spiro atoms. The molecule has 0 amide bonds. The van der Waals surface area contributed by atoms with Gasteiger partial charge in [-0.2, -0.15) is 0 Å². The van der Waals surface area contributed by atoms with Gasteiger partial charge in [0.25, 0.3) is 0 Å². The smallest absolute Gasteiger partial charge is 0.136 e. The molecule has 41 heavy (non-hydrogen) atoms. The third-order valence-electron chi connectivity index (χ3n) is 8.08. The Morgan fingerprint density at radius 1 is 0.439 bits per heavy atom. The third-order valence-corrected chi connectivity index (χ3v) is 8.08. The summed E-state index contributed by atoms with van der Waals surface area (Å²) in [6.45, 7) is 0. The number of hydrogen-bond acceptors (Lipinski definition) is 1. The van der Waals surface area contributed by atoms with Crippen molar-refractivity contribution in [3.63, 3.8) is 0 Å². The first-order valence-electron chi connectivity index (χ1n) is 17.5. The highest BCUT2D eigenvalue weighted by Crippen LogP contribution is 2.47. The zero-order valence-electron chi connectivity index (χ0n) is 29.6. The van der Waals surface area contributed by atoms with Crippen LogP contribution in [0, 0.1) is 0 Å². The first-order valence-corrected chi connectivity index (χ1v) is 13.5. The van der Waals surface area contributed by atoms with Gasteiger partial charge < -0.3 is 4.42 Å². The Balaban J connectivity index is 1.59. The van der Waals surface area contributed by atoms with Crippen LogP contribution in [0.2, 0.25) is 0 Å². The van der Waals surface area contributed by atoms with Crippen molar-refractivity contribution in [2.75, 3.05) is 0 Å². The minimum absolute atomic E-state index is 0.175. The first-order chi connectivity index (χ1) is 23.7. The van der Waals surface area contributed by atoms with Crippen LogP contribution in [0.5, 0.6) is 0 Å². The van der Waals surface area contributed by atoms with E-state index in [1.54, 1.807) is 6.07 Å². The lowest BCUT2D eigenvalue weighted by atomic mass is 9.84. The quantitative estimate of drug-likeness (QED) is 0.161. The molecule has 0 fully saturated rings. The molecule has 0 atom stereocenters. The molecule has 190 valence electrons. The summed E-state index contributed by atoms with van der Waals surface area (Å²) in [7, 11) is 0. The Hall–Kier alpha value is -5.40. The van der Waals surface area contributed by atoms with Crippen LogP contribution in [0.15, 0.2) is 150 Å².